The van der Waals surface area contributed by atoms with E-state index in [0.29, 0.717) is 11.3 Å². The quantitative estimate of drug-likeness (QED) is 0.729. The maximum atomic E-state index is 11.8. The number of aliphatic hydroxyl groups excluding tert-OH is 1. The molecule has 0 saturated heterocycles. The summed E-state index contributed by atoms with van der Waals surface area (Å²) in [4.78, 5) is 11.8. The Hall–Kier alpha value is -2.33. The number of nitrogen functional groups attached to an aromatic ring is 1. The van der Waals surface area contributed by atoms with Crippen molar-refractivity contribution in [1.29, 1.82) is 0 Å². The van der Waals surface area contributed by atoms with Gasteiger partial charge < -0.3 is 16.2 Å². The van der Waals surface area contributed by atoms with Crippen molar-refractivity contribution in [3.63, 3.8) is 0 Å². The Kier molecular flexibility index (Phi) is 4.15. The topological polar surface area (TPSA) is 75.3 Å². The highest BCUT2D eigenvalue weighted by Crippen LogP contribution is 2.14. The SMILES string of the molecule is Nc1ccc(C(O)CNC(=O)c2ccccc2)cc1. The van der Waals surface area contributed by atoms with Gasteiger partial charge in [0, 0.05) is 17.8 Å². The van der Waals surface area contributed by atoms with E-state index >= 15 is 0 Å². The van der Waals surface area contributed by atoms with E-state index in [1.165, 1.54) is 0 Å². The number of hydrogen-bond acceptors (Lipinski definition) is 3. The number of nitrogens with two attached hydrogens (primary N) is 1. The van der Waals surface area contributed by atoms with E-state index in [1.54, 1.807) is 48.5 Å². The van der Waals surface area contributed by atoms with Crippen molar-refractivity contribution in [2.45, 2.75) is 6.10 Å². The monoisotopic (exact) mass is 256 g/mol. The highest BCUT2D eigenvalue weighted by Gasteiger charge is 2.10. The number of carbonyl (C=O) groups excluding carboxylic acids is 1. The summed E-state index contributed by atoms with van der Waals surface area (Å²) in [7, 11) is 0. The highest BCUT2D eigenvalue weighted by atomic mass is 16.3. The fraction of sp³-hybridized carbons (Fsp3) is 0.133. The number of rotatable bonds is 4. The number of hydrogen-bond donors (Lipinski definition) is 3. The molecule has 1 amide bonds. The standard InChI is InChI=1S/C15H16N2O2/c16-13-8-6-11(7-9-13)14(18)10-17-15(19)12-4-2-1-3-5-12/h1-9,14,18H,10,16H2,(H,17,19). The van der Waals surface area contributed by atoms with E-state index < -0.39 is 6.10 Å². The molecule has 2 aromatic carbocycles. The lowest BCUT2D eigenvalue weighted by Gasteiger charge is -2.12. The van der Waals surface area contributed by atoms with E-state index in [4.69, 9.17) is 5.73 Å². The van der Waals surface area contributed by atoms with Crippen LogP contribution in [-0.2, 0) is 0 Å². The van der Waals surface area contributed by atoms with Crippen LogP contribution in [0.15, 0.2) is 54.6 Å². The summed E-state index contributed by atoms with van der Waals surface area (Å²) in [6, 6.07) is 15.8. The van der Waals surface area contributed by atoms with Gasteiger partial charge in [0.2, 0.25) is 0 Å². The number of benzene rings is 2. The average molecular weight is 256 g/mol. The molecule has 1 unspecified atom stereocenters. The third kappa shape index (κ3) is 3.56. The van der Waals surface area contributed by atoms with Gasteiger partial charge in [-0.3, -0.25) is 4.79 Å². The second kappa shape index (κ2) is 6.02. The van der Waals surface area contributed by atoms with E-state index in [-0.39, 0.29) is 12.5 Å². The molecule has 19 heavy (non-hydrogen) atoms. The van der Waals surface area contributed by atoms with Crippen LogP contribution in [0.4, 0.5) is 5.69 Å². The van der Waals surface area contributed by atoms with E-state index in [2.05, 4.69) is 5.32 Å². The minimum Gasteiger partial charge on any atom is -0.399 e. The fourth-order valence-corrected chi connectivity index (χ4v) is 1.72. The van der Waals surface area contributed by atoms with E-state index in [9.17, 15) is 9.90 Å². The van der Waals surface area contributed by atoms with Crippen LogP contribution in [0.2, 0.25) is 0 Å². The third-order valence-electron chi connectivity index (χ3n) is 2.81. The molecule has 0 aliphatic carbocycles. The number of carbonyl (C=O) groups is 1. The Balaban J connectivity index is 1.92. The van der Waals surface area contributed by atoms with Crippen molar-refractivity contribution in [2.75, 3.05) is 12.3 Å². The van der Waals surface area contributed by atoms with Crippen molar-refractivity contribution in [1.82, 2.24) is 5.32 Å². The molecule has 1 atom stereocenters. The first kappa shape index (κ1) is 13.1. The summed E-state index contributed by atoms with van der Waals surface area (Å²) in [5.74, 6) is -0.199. The van der Waals surface area contributed by atoms with Gasteiger partial charge in [-0.25, -0.2) is 0 Å². The number of anilines is 1. The van der Waals surface area contributed by atoms with Gasteiger partial charge in [0.15, 0.2) is 0 Å². The molecule has 2 aromatic rings. The molecule has 0 aromatic heterocycles. The molecule has 0 radical (unpaired) electrons. The molecule has 0 saturated carbocycles. The van der Waals surface area contributed by atoms with Crippen LogP contribution in [0.5, 0.6) is 0 Å². The largest absolute Gasteiger partial charge is 0.399 e. The molecule has 98 valence electrons. The van der Waals surface area contributed by atoms with Crippen molar-refractivity contribution in [3.8, 4) is 0 Å². The van der Waals surface area contributed by atoms with Gasteiger partial charge >= 0.3 is 0 Å². The van der Waals surface area contributed by atoms with Gasteiger partial charge in [-0.05, 0) is 29.8 Å². The minimum absolute atomic E-state index is 0.164. The molecule has 0 aliphatic heterocycles. The van der Waals surface area contributed by atoms with Gasteiger partial charge in [-0.2, -0.15) is 0 Å². The Labute approximate surface area is 111 Å². The molecule has 0 heterocycles. The lowest BCUT2D eigenvalue weighted by Crippen LogP contribution is -2.28. The summed E-state index contributed by atoms with van der Waals surface area (Å²) >= 11 is 0. The van der Waals surface area contributed by atoms with Gasteiger partial charge in [0.1, 0.15) is 0 Å². The molecule has 0 fully saturated rings. The van der Waals surface area contributed by atoms with Crippen LogP contribution >= 0.6 is 0 Å². The van der Waals surface area contributed by atoms with Gasteiger partial charge in [0.05, 0.1) is 6.10 Å². The Morgan fingerprint density at radius 1 is 1.11 bits per heavy atom. The normalized spacial score (nSPS) is 11.8. The predicted molar refractivity (Wildman–Crippen MR) is 74.6 cm³/mol. The summed E-state index contributed by atoms with van der Waals surface area (Å²) in [6.45, 7) is 0.164. The van der Waals surface area contributed by atoms with Gasteiger partial charge in [-0.15, -0.1) is 0 Å². The van der Waals surface area contributed by atoms with Crippen LogP contribution in [0.3, 0.4) is 0 Å². The first-order valence-corrected chi connectivity index (χ1v) is 6.03. The lowest BCUT2D eigenvalue weighted by atomic mass is 10.1. The van der Waals surface area contributed by atoms with E-state index in [0.717, 1.165) is 5.56 Å². The van der Waals surface area contributed by atoms with Crippen LogP contribution in [0, 0.1) is 0 Å². The number of amides is 1. The molecule has 0 aliphatic rings. The highest BCUT2D eigenvalue weighted by molar-refractivity contribution is 5.94. The first-order valence-electron chi connectivity index (χ1n) is 6.03. The second-order valence-corrected chi connectivity index (χ2v) is 4.26. The number of nitrogens with one attached hydrogen (secondary N) is 1. The second-order valence-electron chi connectivity index (χ2n) is 4.26. The molecule has 4 N–H and O–H groups in total. The number of aliphatic hydroxyl groups is 1. The maximum Gasteiger partial charge on any atom is 0.251 e. The summed E-state index contributed by atoms with van der Waals surface area (Å²) < 4.78 is 0. The Bertz CT molecular complexity index is 538. The van der Waals surface area contributed by atoms with Crippen LogP contribution < -0.4 is 11.1 Å². The Morgan fingerprint density at radius 2 is 1.74 bits per heavy atom. The first-order chi connectivity index (χ1) is 9.16. The smallest absolute Gasteiger partial charge is 0.251 e. The van der Waals surface area contributed by atoms with E-state index in [1.807, 2.05) is 6.07 Å². The van der Waals surface area contributed by atoms with Gasteiger partial charge in [-0.1, -0.05) is 30.3 Å². The Morgan fingerprint density at radius 3 is 2.37 bits per heavy atom. The van der Waals surface area contributed by atoms with Crippen LogP contribution in [0.1, 0.15) is 22.0 Å². The zero-order chi connectivity index (χ0) is 13.7. The van der Waals surface area contributed by atoms with Crippen LogP contribution in [0.25, 0.3) is 0 Å². The molecule has 2 rings (SSSR count). The lowest BCUT2D eigenvalue weighted by molar-refractivity contribution is 0.0916. The molecular weight excluding hydrogens is 240 g/mol. The van der Waals surface area contributed by atoms with Crippen molar-refractivity contribution < 1.29 is 9.90 Å². The molecule has 0 spiro atoms. The molecule has 0 bridgehead atoms. The molecular formula is C15H16N2O2. The minimum atomic E-state index is -0.742. The average Bonchev–Trinajstić information content (AvgIpc) is 2.46. The third-order valence-corrected chi connectivity index (χ3v) is 2.81. The summed E-state index contributed by atoms with van der Waals surface area (Å²) in [5, 5.41) is 12.6. The predicted octanol–water partition coefficient (Wildman–Crippen LogP) is 1.73. The zero-order valence-corrected chi connectivity index (χ0v) is 10.4. The van der Waals surface area contributed by atoms with Crippen molar-refractivity contribution >= 4 is 11.6 Å². The van der Waals surface area contributed by atoms with Crippen molar-refractivity contribution in [3.05, 3.63) is 65.7 Å². The molecule has 4 heteroatoms. The maximum absolute atomic E-state index is 11.8. The summed E-state index contributed by atoms with van der Waals surface area (Å²) in [6.07, 6.45) is -0.742. The van der Waals surface area contributed by atoms with Crippen LogP contribution in [-0.4, -0.2) is 17.6 Å². The van der Waals surface area contributed by atoms with Crippen molar-refractivity contribution in [2.24, 2.45) is 0 Å². The van der Waals surface area contributed by atoms with Gasteiger partial charge in [0.25, 0.3) is 5.91 Å². The zero-order valence-electron chi connectivity index (χ0n) is 10.4. The molecule has 4 nitrogen and oxygen atoms in total. The fourth-order valence-electron chi connectivity index (χ4n) is 1.72. The summed E-state index contributed by atoms with van der Waals surface area (Å²) in [5.41, 5.74) is 7.52.